The molecule has 0 atom stereocenters. The highest BCUT2D eigenvalue weighted by Crippen LogP contribution is 2.26. The van der Waals surface area contributed by atoms with Crippen molar-refractivity contribution < 1.29 is 4.79 Å². The van der Waals surface area contributed by atoms with Gasteiger partial charge in [-0.1, -0.05) is 13.8 Å². The highest BCUT2D eigenvalue weighted by Gasteiger charge is 2.30. The van der Waals surface area contributed by atoms with Crippen LogP contribution in [0.25, 0.3) is 0 Å². The topological polar surface area (TPSA) is 36.4 Å². The Bertz CT molecular complexity index is 381. The molecule has 2 heterocycles. The van der Waals surface area contributed by atoms with Crippen molar-refractivity contribution in [2.24, 2.45) is 5.41 Å². The number of hydrogen-bond donors (Lipinski definition) is 0. The van der Waals surface area contributed by atoms with Crippen LogP contribution in [0.4, 0.5) is 5.13 Å². The molecule has 0 aliphatic carbocycles. The van der Waals surface area contributed by atoms with Crippen LogP contribution in [0.1, 0.15) is 26.7 Å². The Labute approximate surface area is 119 Å². The Morgan fingerprint density at radius 2 is 2.00 bits per heavy atom. The first kappa shape index (κ1) is 14.5. The summed E-state index contributed by atoms with van der Waals surface area (Å²) in [5, 5.41) is 3.14. The lowest BCUT2D eigenvalue weighted by atomic mass is 9.83. The fraction of sp³-hybridized carbons (Fsp3) is 0.714. The van der Waals surface area contributed by atoms with Gasteiger partial charge in [0.2, 0.25) is 0 Å². The highest BCUT2D eigenvalue weighted by molar-refractivity contribution is 7.13. The Hall–Kier alpha value is -0.940. The molecule has 0 bridgehead atoms. The van der Waals surface area contributed by atoms with E-state index >= 15 is 0 Å². The van der Waals surface area contributed by atoms with E-state index in [2.05, 4.69) is 28.6 Å². The Morgan fingerprint density at radius 3 is 2.47 bits per heavy atom. The number of thiazole rings is 1. The zero-order valence-corrected chi connectivity index (χ0v) is 12.7. The molecule has 106 valence electrons. The molecular formula is C14H23N3OS. The quantitative estimate of drug-likeness (QED) is 0.750. The average molecular weight is 281 g/mol. The summed E-state index contributed by atoms with van der Waals surface area (Å²) in [5.74, 6) is 0. The van der Waals surface area contributed by atoms with Crippen molar-refractivity contribution in [1.82, 2.24) is 9.88 Å². The van der Waals surface area contributed by atoms with Crippen LogP contribution in [-0.4, -0.2) is 48.9 Å². The van der Waals surface area contributed by atoms with Crippen LogP contribution in [0.3, 0.4) is 0 Å². The normalized spacial score (nSPS) is 17.7. The van der Waals surface area contributed by atoms with Crippen molar-refractivity contribution in [3.63, 3.8) is 0 Å². The number of carbonyl (C=O) groups excluding carboxylic acids is 1. The number of anilines is 1. The lowest BCUT2D eigenvalue weighted by Gasteiger charge is -2.39. The first-order valence-electron chi connectivity index (χ1n) is 7.06. The van der Waals surface area contributed by atoms with E-state index in [1.807, 2.05) is 11.6 Å². The van der Waals surface area contributed by atoms with Crippen molar-refractivity contribution in [3.05, 3.63) is 11.6 Å². The minimum absolute atomic E-state index is 0.149. The van der Waals surface area contributed by atoms with Gasteiger partial charge in [0.1, 0.15) is 6.29 Å². The maximum absolute atomic E-state index is 11.4. The lowest BCUT2D eigenvalue weighted by Crippen LogP contribution is -2.50. The highest BCUT2D eigenvalue weighted by atomic mass is 32.1. The summed E-state index contributed by atoms with van der Waals surface area (Å²) in [5.41, 5.74) is -0.149. The number of nitrogens with zero attached hydrogens (tertiary/aromatic N) is 3. The third-order valence-corrected chi connectivity index (χ3v) is 5.09. The molecule has 1 aliphatic heterocycles. The minimum Gasteiger partial charge on any atom is -0.346 e. The maximum atomic E-state index is 11.4. The second kappa shape index (κ2) is 6.48. The summed E-state index contributed by atoms with van der Waals surface area (Å²) in [4.78, 5) is 20.5. The Kier molecular flexibility index (Phi) is 4.93. The number of hydrogen-bond acceptors (Lipinski definition) is 5. The molecule has 2 rings (SSSR count). The third kappa shape index (κ3) is 3.34. The van der Waals surface area contributed by atoms with E-state index in [0.717, 1.165) is 50.7 Å². The molecule has 1 aromatic rings. The van der Waals surface area contributed by atoms with Gasteiger partial charge in [-0.2, -0.15) is 0 Å². The van der Waals surface area contributed by atoms with Crippen LogP contribution < -0.4 is 4.90 Å². The van der Waals surface area contributed by atoms with E-state index in [-0.39, 0.29) is 5.41 Å². The number of aromatic nitrogens is 1. The smallest absolute Gasteiger partial charge is 0.185 e. The molecule has 1 aliphatic rings. The van der Waals surface area contributed by atoms with E-state index in [1.54, 1.807) is 11.3 Å². The number of carbonyl (C=O) groups is 1. The fourth-order valence-corrected chi connectivity index (χ4v) is 3.29. The largest absolute Gasteiger partial charge is 0.346 e. The molecule has 1 saturated heterocycles. The van der Waals surface area contributed by atoms with E-state index in [1.165, 1.54) is 6.29 Å². The predicted molar refractivity (Wildman–Crippen MR) is 79.8 cm³/mol. The van der Waals surface area contributed by atoms with Crippen molar-refractivity contribution in [3.8, 4) is 0 Å². The van der Waals surface area contributed by atoms with E-state index in [0.29, 0.717) is 0 Å². The molecule has 5 heteroatoms. The van der Waals surface area contributed by atoms with Crippen LogP contribution in [0.2, 0.25) is 0 Å². The number of piperazine rings is 1. The number of rotatable bonds is 6. The van der Waals surface area contributed by atoms with E-state index < -0.39 is 0 Å². The molecule has 0 radical (unpaired) electrons. The van der Waals surface area contributed by atoms with Gasteiger partial charge in [-0.15, -0.1) is 11.3 Å². The van der Waals surface area contributed by atoms with Crippen molar-refractivity contribution in [2.45, 2.75) is 26.7 Å². The molecule has 0 saturated carbocycles. The monoisotopic (exact) mass is 281 g/mol. The molecular weight excluding hydrogens is 258 g/mol. The molecule has 0 aromatic carbocycles. The zero-order chi connectivity index (χ0) is 13.7. The second-order valence-electron chi connectivity index (χ2n) is 5.27. The van der Waals surface area contributed by atoms with Gasteiger partial charge in [-0.3, -0.25) is 4.90 Å². The fourth-order valence-electron chi connectivity index (χ4n) is 2.59. The Morgan fingerprint density at radius 1 is 1.32 bits per heavy atom. The van der Waals surface area contributed by atoms with Crippen LogP contribution in [0.15, 0.2) is 11.6 Å². The van der Waals surface area contributed by atoms with Crippen molar-refractivity contribution in [1.29, 1.82) is 0 Å². The van der Waals surface area contributed by atoms with Crippen LogP contribution in [-0.2, 0) is 4.79 Å². The number of aldehydes is 1. The summed E-state index contributed by atoms with van der Waals surface area (Å²) in [6.07, 6.45) is 4.89. The van der Waals surface area contributed by atoms with Gasteiger partial charge < -0.3 is 9.69 Å². The molecule has 0 amide bonds. The van der Waals surface area contributed by atoms with Crippen LogP contribution in [0.5, 0.6) is 0 Å². The second-order valence-corrected chi connectivity index (χ2v) is 6.14. The molecule has 0 spiro atoms. The van der Waals surface area contributed by atoms with Gasteiger partial charge in [0.05, 0.1) is 0 Å². The van der Waals surface area contributed by atoms with E-state index in [9.17, 15) is 4.79 Å². The summed E-state index contributed by atoms with van der Waals surface area (Å²) in [7, 11) is 0. The standard InChI is InChI=1S/C14H23N3OS/c1-3-14(4-2,12-18)11-16-6-8-17(9-7-16)13-15-5-10-19-13/h5,10,12H,3-4,6-9,11H2,1-2H3. The first-order valence-corrected chi connectivity index (χ1v) is 7.94. The first-order chi connectivity index (χ1) is 9.23. The SMILES string of the molecule is CCC(C=O)(CC)CN1CCN(c2nccs2)CC1. The van der Waals surface area contributed by atoms with Gasteiger partial charge in [0.25, 0.3) is 0 Å². The van der Waals surface area contributed by atoms with Crippen LogP contribution >= 0.6 is 11.3 Å². The van der Waals surface area contributed by atoms with Crippen LogP contribution in [0, 0.1) is 5.41 Å². The summed E-state index contributed by atoms with van der Waals surface area (Å²) < 4.78 is 0. The van der Waals surface area contributed by atoms with E-state index in [4.69, 9.17) is 0 Å². The molecule has 1 fully saturated rings. The van der Waals surface area contributed by atoms with Crippen molar-refractivity contribution >= 4 is 22.8 Å². The molecule has 19 heavy (non-hydrogen) atoms. The Balaban J connectivity index is 1.88. The van der Waals surface area contributed by atoms with Gasteiger partial charge in [-0.25, -0.2) is 4.98 Å². The molecule has 1 aromatic heterocycles. The maximum Gasteiger partial charge on any atom is 0.185 e. The zero-order valence-electron chi connectivity index (χ0n) is 11.8. The lowest BCUT2D eigenvalue weighted by molar-refractivity contribution is -0.117. The minimum atomic E-state index is -0.149. The van der Waals surface area contributed by atoms with Gasteiger partial charge in [0, 0.05) is 49.7 Å². The van der Waals surface area contributed by atoms with Gasteiger partial charge >= 0.3 is 0 Å². The average Bonchev–Trinajstić information content (AvgIpc) is 3.00. The van der Waals surface area contributed by atoms with Gasteiger partial charge in [-0.05, 0) is 12.8 Å². The summed E-state index contributed by atoms with van der Waals surface area (Å²) in [6, 6.07) is 0. The van der Waals surface area contributed by atoms with Crippen molar-refractivity contribution in [2.75, 3.05) is 37.6 Å². The molecule has 0 unspecified atom stereocenters. The summed E-state index contributed by atoms with van der Waals surface area (Å²) >= 11 is 1.70. The third-order valence-electron chi connectivity index (χ3n) is 4.26. The molecule has 0 N–H and O–H groups in total. The molecule has 4 nitrogen and oxygen atoms in total. The van der Waals surface area contributed by atoms with Gasteiger partial charge in [0.15, 0.2) is 5.13 Å². The summed E-state index contributed by atoms with van der Waals surface area (Å²) in [6.45, 7) is 9.19. The predicted octanol–water partition coefficient (Wildman–Crippen LogP) is 2.27.